The van der Waals surface area contributed by atoms with Gasteiger partial charge >= 0.3 is 5.97 Å². The van der Waals surface area contributed by atoms with Crippen LogP contribution in [0, 0.1) is 48.3 Å². The molecule has 0 amide bonds. The molecule has 2 spiro atoms. The number of aliphatic carboxylic acids is 1. The summed E-state index contributed by atoms with van der Waals surface area (Å²) in [4.78, 5) is 26.8. The largest absolute Gasteiger partial charge is 0.481 e. The van der Waals surface area contributed by atoms with Crippen LogP contribution in [0.15, 0.2) is 36.4 Å². The molecule has 0 saturated carbocycles. The van der Waals surface area contributed by atoms with E-state index in [9.17, 15) is 24.9 Å². The third-order valence-electron chi connectivity index (χ3n) is 16.1. The molecule has 1 aromatic carbocycles. The van der Waals surface area contributed by atoms with Gasteiger partial charge < -0.3 is 49.6 Å². The minimum atomic E-state index is -1.24. The Labute approximate surface area is 382 Å². The van der Waals surface area contributed by atoms with Gasteiger partial charge in [-0.1, -0.05) is 79.2 Å². The molecule has 0 aliphatic carbocycles. The van der Waals surface area contributed by atoms with E-state index in [1.807, 2.05) is 78.0 Å². The van der Waals surface area contributed by atoms with Gasteiger partial charge in [0.2, 0.25) is 0 Å². The Kier molecular flexibility index (Phi) is 15.7. The van der Waals surface area contributed by atoms with Gasteiger partial charge in [-0.15, -0.1) is 0 Å². The molecule has 5 aliphatic rings. The zero-order valence-electron chi connectivity index (χ0n) is 39.7. The summed E-state index contributed by atoms with van der Waals surface area (Å²) in [5.74, 6) is -5.68. The van der Waals surface area contributed by atoms with Crippen molar-refractivity contribution in [2.45, 2.75) is 206 Å². The molecule has 1 unspecified atom stereocenters. The van der Waals surface area contributed by atoms with Crippen molar-refractivity contribution in [2.75, 3.05) is 5.32 Å². The van der Waals surface area contributed by atoms with Crippen LogP contribution in [0.3, 0.4) is 0 Å². The molecule has 0 bridgehead atoms. The molecule has 0 radical (unpaired) electrons. The predicted octanol–water partition coefficient (Wildman–Crippen LogP) is 8.49. The molecule has 5 heterocycles. The highest BCUT2D eigenvalue weighted by Crippen LogP contribution is 2.54. The number of aliphatic hydroxyl groups excluding tert-OH is 1. The maximum absolute atomic E-state index is 14.7. The zero-order valence-corrected chi connectivity index (χ0v) is 40.5. The fourth-order valence-corrected chi connectivity index (χ4v) is 11.9. The van der Waals surface area contributed by atoms with Crippen molar-refractivity contribution >= 4 is 34.8 Å². The molecule has 354 valence electrons. The Morgan fingerprint density at radius 1 is 0.905 bits per heavy atom. The van der Waals surface area contributed by atoms with Crippen molar-refractivity contribution < 1.29 is 48.6 Å². The van der Waals surface area contributed by atoms with Crippen LogP contribution in [-0.2, 0) is 33.3 Å². The number of rotatable bonds is 14. The molecule has 63 heavy (non-hydrogen) atoms. The van der Waals surface area contributed by atoms with Crippen LogP contribution >= 0.6 is 12.2 Å². The topological polar surface area (TPSA) is 165 Å². The quantitative estimate of drug-likeness (QED) is 0.0893. The Morgan fingerprint density at radius 3 is 2.21 bits per heavy atom. The fourth-order valence-electron chi connectivity index (χ4n) is 11.6. The number of carbonyl (C=O) groups excluding carboxylic acids is 1. The second-order valence-electron chi connectivity index (χ2n) is 20.4. The summed E-state index contributed by atoms with van der Waals surface area (Å²) in [6, 6.07) is 7.51. The van der Waals surface area contributed by atoms with Gasteiger partial charge in [0.15, 0.2) is 16.7 Å². The average molecular weight is 899 g/mol. The Bertz CT molecular complexity index is 1800. The monoisotopic (exact) mass is 899 g/mol. The summed E-state index contributed by atoms with van der Waals surface area (Å²) >= 11 is 5.89. The number of aliphatic hydroxyl groups is 2. The standard InChI is InChI=1S/C50H78N2O10S/c1-12-36(45(55)56)38-20-17-29(5)43(59-38)33(9)41(53)32(8)42(54)37(13-2)44-30(6)27-31(7)49(60-44)24-21-39(52-46(63)51-35-18-15-28(4)16-19-35)50(62-49)26-25-47(11,61-50)40-22-23-48(57,14-3)34(10)58-40/h15-16,18-19,21,24,29-34,36-41,43-44,53,57H,12-14,17,20,22-23,25-27H2,1-11H3,(H,55,56)(H2,51,52,63)/t29-,30-,31+,32-,33-,34-,36+,37?,38+,39+,40+,41+,43+,44-,47-,48+,49-,50-/m0/s1. The Morgan fingerprint density at radius 2 is 1.59 bits per heavy atom. The number of ketones is 1. The van der Waals surface area contributed by atoms with Gasteiger partial charge in [0, 0.05) is 35.8 Å². The summed E-state index contributed by atoms with van der Waals surface area (Å²) in [7, 11) is 0. The molecule has 6 rings (SSSR count). The van der Waals surface area contributed by atoms with E-state index in [0.29, 0.717) is 56.5 Å². The number of nitrogens with one attached hydrogen (secondary N) is 2. The van der Waals surface area contributed by atoms with Crippen LogP contribution in [0.25, 0.3) is 0 Å². The first-order valence-corrected chi connectivity index (χ1v) is 24.5. The maximum Gasteiger partial charge on any atom is 0.309 e. The molecule has 12 nitrogen and oxygen atoms in total. The second kappa shape index (κ2) is 19.8. The van der Waals surface area contributed by atoms with Gasteiger partial charge in [-0.3, -0.25) is 9.59 Å². The molecule has 1 aromatic rings. The van der Waals surface area contributed by atoms with E-state index < -0.39 is 76.8 Å². The van der Waals surface area contributed by atoms with Crippen LogP contribution < -0.4 is 10.6 Å². The van der Waals surface area contributed by atoms with Gasteiger partial charge in [0.1, 0.15) is 11.8 Å². The van der Waals surface area contributed by atoms with E-state index >= 15 is 0 Å². The number of hydrogen-bond donors (Lipinski definition) is 5. The molecule has 5 N–H and O–H groups in total. The van der Waals surface area contributed by atoms with E-state index in [1.165, 1.54) is 0 Å². The average Bonchev–Trinajstić information content (AvgIpc) is 3.59. The van der Waals surface area contributed by atoms with Gasteiger partial charge in [0.05, 0.1) is 53.7 Å². The number of aryl methyl sites for hydroxylation is 1. The van der Waals surface area contributed by atoms with Crippen molar-refractivity contribution in [3.63, 3.8) is 0 Å². The summed E-state index contributed by atoms with van der Waals surface area (Å²) in [6.45, 7) is 21.9. The van der Waals surface area contributed by atoms with Crippen LogP contribution in [0.4, 0.5) is 5.69 Å². The van der Waals surface area contributed by atoms with E-state index in [4.69, 9.17) is 35.9 Å². The lowest BCUT2D eigenvalue weighted by atomic mass is 9.72. The first-order valence-electron chi connectivity index (χ1n) is 24.0. The Hall–Kier alpha value is -2.49. The fraction of sp³-hybridized carbons (Fsp3) is 0.780. The van der Waals surface area contributed by atoms with E-state index in [-0.39, 0.29) is 41.8 Å². The molecule has 4 fully saturated rings. The van der Waals surface area contributed by atoms with Crippen LogP contribution in [0.2, 0.25) is 0 Å². The number of Topliss-reactive ketones (excluding diaryl/α,β-unsaturated/α-hetero) is 1. The van der Waals surface area contributed by atoms with E-state index in [1.54, 1.807) is 6.92 Å². The van der Waals surface area contributed by atoms with Crippen molar-refractivity contribution in [1.82, 2.24) is 5.32 Å². The minimum absolute atomic E-state index is 0.00466. The minimum Gasteiger partial charge on any atom is -0.481 e. The van der Waals surface area contributed by atoms with Crippen LogP contribution in [-0.4, -0.2) is 97.6 Å². The van der Waals surface area contributed by atoms with Gasteiger partial charge in [-0.05, 0) is 121 Å². The normalized spacial score (nSPS) is 40.5. The predicted molar refractivity (Wildman–Crippen MR) is 247 cm³/mol. The number of ether oxygens (including phenoxy) is 5. The number of anilines is 1. The zero-order chi connectivity index (χ0) is 46.2. The lowest BCUT2D eigenvalue weighted by molar-refractivity contribution is -0.397. The van der Waals surface area contributed by atoms with Crippen molar-refractivity contribution in [1.29, 1.82) is 0 Å². The van der Waals surface area contributed by atoms with Crippen LogP contribution in [0.5, 0.6) is 0 Å². The molecule has 0 aromatic heterocycles. The molecule has 5 aliphatic heterocycles. The molecular weight excluding hydrogens is 821 g/mol. The van der Waals surface area contributed by atoms with Crippen LogP contribution in [0.1, 0.15) is 139 Å². The highest BCUT2D eigenvalue weighted by atomic mass is 32.1. The smallest absolute Gasteiger partial charge is 0.309 e. The third kappa shape index (κ3) is 10.1. The highest BCUT2D eigenvalue weighted by Gasteiger charge is 2.63. The van der Waals surface area contributed by atoms with Gasteiger partial charge in [0.25, 0.3) is 0 Å². The Balaban J connectivity index is 1.25. The van der Waals surface area contributed by atoms with Crippen molar-refractivity contribution in [3.8, 4) is 0 Å². The van der Waals surface area contributed by atoms with E-state index in [2.05, 4.69) is 38.3 Å². The van der Waals surface area contributed by atoms with Crippen molar-refractivity contribution in [3.05, 3.63) is 42.0 Å². The number of hydrogen-bond acceptors (Lipinski definition) is 10. The number of carboxylic acid groups (broad SMARTS) is 1. The summed E-state index contributed by atoms with van der Waals surface area (Å²) in [5.41, 5.74) is 0.357. The number of carboxylic acids is 1. The first kappa shape index (κ1) is 49.9. The SMILES string of the molecule is CCC(C(=O)[C@@H](C)[C@@H](O)[C@H](C)[C@@H]1O[C@@H]([C@@H](CC)C(=O)O)CC[C@@H]1C)[C@H]1O[C@]2(C=C[C@@H](NC(=S)Nc3ccc(C)cc3)[C@]3(CC[C@@](C)([C@H]4CC[C@](O)(CC)[C@H](C)O4)O3)O2)[C@H](C)C[C@@H]1C. The molecule has 18 atom stereocenters. The summed E-state index contributed by atoms with van der Waals surface area (Å²) in [5, 5.41) is 40.3. The first-order chi connectivity index (χ1) is 29.6. The summed E-state index contributed by atoms with van der Waals surface area (Å²) in [6.07, 6.45) is 7.16. The third-order valence-corrected chi connectivity index (χ3v) is 16.3. The summed E-state index contributed by atoms with van der Waals surface area (Å²) < 4.78 is 34.9. The molecule has 13 heteroatoms. The maximum atomic E-state index is 14.7. The number of carbonyl (C=O) groups is 2. The van der Waals surface area contributed by atoms with Gasteiger partial charge in [-0.2, -0.15) is 0 Å². The van der Waals surface area contributed by atoms with Crippen molar-refractivity contribution in [2.24, 2.45) is 41.4 Å². The highest BCUT2D eigenvalue weighted by molar-refractivity contribution is 7.80. The lowest BCUT2D eigenvalue weighted by Gasteiger charge is -2.55. The van der Waals surface area contributed by atoms with Gasteiger partial charge in [-0.25, -0.2) is 0 Å². The lowest BCUT2D eigenvalue weighted by Crippen LogP contribution is -2.66. The number of benzene rings is 1. The molecular formula is C50H78N2O10S. The number of thiocarbonyl (C=S) groups is 1. The second-order valence-corrected chi connectivity index (χ2v) is 20.8. The molecule has 4 saturated heterocycles. The van der Waals surface area contributed by atoms with E-state index in [0.717, 1.165) is 24.1 Å².